The maximum atomic E-state index is 12.1. The first-order valence-electron chi connectivity index (χ1n) is 9.60. The van der Waals surface area contributed by atoms with Crippen LogP contribution in [0.3, 0.4) is 0 Å². The van der Waals surface area contributed by atoms with E-state index in [0.717, 1.165) is 6.07 Å². The fourth-order valence-corrected chi connectivity index (χ4v) is 4.78. The lowest BCUT2D eigenvalue weighted by Crippen LogP contribution is -2.34. The summed E-state index contributed by atoms with van der Waals surface area (Å²) in [5.74, 6) is -0.405. The van der Waals surface area contributed by atoms with Crippen LogP contribution in [0.4, 0.5) is 11.4 Å². The quantitative estimate of drug-likeness (QED) is 0.165. The van der Waals surface area contributed by atoms with Crippen LogP contribution in [0.15, 0.2) is 36.4 Å². The highest BCUT2D eigenvalue weighted by Gasteiger charge is 2.23. The Bertz CT molecular complexity index is 1190. The lowest BCUT2D eigenvalue weighted by Gasteiger charge is -2.15. The molecule has 2 aromatic rings. The van der Waals surface area contributed by atoms with Crippen LogP contribution in [-0.2, 0) is 13.9 Å². The van der Waals surface area contributed by atoms with Crippen LogP contribution < -0.4 is 26.6 Å². The first-order valence-corrected chi connectivity index (χ1v) is 13.2. The molecular formula is C20H25N3O7P2S. The number of rotatable bonds is 7. The van der Waals surface area contributed by atoms with Crippen molar-refractivity contribution in [3.8, 4) is 0 Å². The minimum Gasteiger partial charge on any atom is -0.360 e. The zero-order valence-corrected chi connectivity index (χ0v) is 20.6. The minimum atomic E-state index is -4.71. The Kier molecular flexibility index (Phi) is 8.73. The van der Waals surface area contributed by atoms with Crippen LogP contribution in [0.2, 0.25) is 0 Å². The smallest absolute Gasteiger partial charge is 0.356 e. The third-order valence-corrected chi connectivity index (χ3v) is 6.38. The number of hydrogen-bond acceptors (Lipinski definition) is 4. The second-order valence-electron chi connectivity index (χ2n) is 7.40. The van der Waals surface area contributed by atoms with E-state index in [1.54, 1.807) is 6.07 Å². The molecule has 0 saturated carbocycles. The van der Waals surface area contributed by atoms with Crippen molar-refractivity contribution in [1.82, 2.24) is 5.32 Å². The lowest BCUT2D eigenvalue weighted by molar-refractivity contribution is -0.114. The summed E-state index contributed by atoms with van der Waals surface area (Å²) < 4.78 is 24.0. The molecule has 0 unspecified atom stereocenters. The Morgan fingerprint density at radius 2 is 1.30 bits per heavy atom. The van der Waals surface area contributed by atoms with Gasteiger partial charge in [-0.15, -0.1) is 0 Å². The largest absolute Gasteiger partial charge is 0.360 e. The number of carbonyl (C=O) groups excluding carboxylic acids is 1. The van der Waals surface area contributed by atoms with Crippen LogP contribution in [0.25, 0.3) is 12.2 Å². The Morgan fingerprint density at radius 3 is 1.67 bits per heavy atom. The van der Waals surface area contributed by atoms with E-state index >= 15 is 0 Å². The van der Waals surface area contributed by atoms with Gasteiger partial charge in [-0.25, -0.2) is 0 Å². The Labute approximate surface area is 196 Å². The van der Waals surface area contributed by atoms with E-state index in [1.807, 2.05) is 13.8 Å². The van der Waals surface area contributed by atoms with Gasteiger partial charge in [0.05, 0.1) is 10.6 Å². The summed E-state index contributed by atoms with van der Waals surface area (Å²) in [7, 11) is -9.41. The molecule has 2 aromatic carbocycles. The van der Waals surface area contributed by atoms with Crippen molar-refractivity contribution in [3.05, 3.63) is 47.5 Å². The van der Waals surface area contributed by atoms with Crippen LogP contribution in [0, 0.1) is 0 Å². The summed E-state index contributed by atoms with van der Waals surface area (Å²) >= 11 is 5.15. The normalized spacial score (nSPS) is 12.1. The van der Waals surface area contributed by atoms with Gasteiger partial charge in [0.1, 0.15) is 0 Å². The van der Waals surface area contributed by atoms with Crippen molar-refractivity contribution < 1.29 is 33.5 Å². The zero-order chi connectivity index (χ0) is 25.0. The van der Waals surface area contributed by atoms with Crippen molar-refractivity contribution in [1.29, 1.82) is 0 Å². The van der Waals surface area contributed by atoms with Gasteiger partial charge >= 0.3 is 15.2 Å². The molecule has 0 aliphatic heterocycles. The minimum absolute atomic E-state index is 0.0636. The summed E-state index contributed by atoms with van der Waals surface area (Å²) in [5, 5.41) is 7.92. The van der Waals surface area contributed by atoms with Gasteiger partial charge in [0, 0.05) is 24.3 Å². The first kappa shape index (κ1) is 26.9. The SMILES string of the molecule is CC(=O)Nc1ccc(/C=C/c2ccc(NC(=S)NC(C)C)cc2P(=O)(O)O)c(P(=O)(O)O)c1. The second kappa shape index (κ2) is 10.7. The van der Waals surface area contributed by atoms with Gasteiger partial charge in [-0.2, -0.15) is 0 Å². The first-order chi connectivity index (χ1) is 15.2. The molecule has 0 heterocycles. The molecule has 0 saturated heterocycles. The fraction of sp³-hybridized carbons (Fsp3) is 0.200. The van der Waals surface area contributed by atoms with Crippen LogP contribution in [0.1, 0.15) is 31.9 Å². The molecule has 0 aliphatic carbocycles. The number of hydrogen-bond donors (Lipinski definition) is 7. The molecular weight excluding hydrogens is 488 g/mol. The maximum absolute atomic E-state index is 12.1. The van der Waals surface area contributed by atoms with E-state index in [9.17, 15) is 33.5 Å². The van der Waals surface area contributed by atoms with Crippen molar-refractivity contribution in [2.75, 3.05) is 10.6 Å². The fourth-order valence-electron chi connectivity index (χ4n) is 2.84. The number of nitrogens with one attached hydrogen (secondary N) is 3. The third-order valence-electron chi connectivity index (χ3n) is 4.13. The molecule has 0 bridgehead atoms. The van der Waals surface area contributed by atoms with Gasteiger partial charge in [0.15, 0.2) is 5.11 Å². The summed E-state index contributed by atoms with van der Waals surface area (Å²) in [4.78, 5) is 50.3. The molecule has 0 aromatic heterocycles. The van der Waals surface area contributed by atoms with E-state index < -0.39 is 21.1 Å². The Hall–Kier alpha value is -2.36. The van der Waals surface area contributed by atoms with Crippen LogP contribution >= 0.6 is 27.4 Å². The summed E-state index contributed by atoms with van der Waals surface area (Å²) in [6.45, 7) is 5.04. The molecule has 1 amide bonds. The number of amides is 1. The summed E-state index contributed by atoms with van der Waals surface area (Å²) in [6, 6.07) is 8.35. The molecule has 33 heavy (non-hydrogen) atoms. The molecule has 10 nitrogen and oxygen atoms in total. The molecule has 13 heteroatoms. The predicted molar refractivity (Wildman–Crippen MR) is 134 cm³/mol. The summed E-state index contributed by atoms with van der Waals surface area (Å²) in [5.41, 5.74) is 0.840. The van der Waals surface area contributed by atoms with Crippen molar-refractivity contribution in [2.45, 2.75) is 26.8 Å². The topological polar surface area (TPSA) is 168 Å². The van der Waals surface area contributed by atoms with E-state index in [-0.39, 0.29) is 38.6 Å². The highest BCUT2D eigenvalue weighted by atomic mass is 32.1. The van der Waals surface area contributed by atoms with Gasteiger partial charge in [-0.3, -0.25) is 13.9 Å². The lowest BCUT2D eigenvalue weighted by atomic mass is 10.1. The van der Waals surface area contributed by atoms with E-state index in [4.69, 9.17) is 12.2 Å². The summed E-state index contributed by atoms with van der Waals surface area (Å²) in [6.07, 6.45) is 2.67. The molecule has 7 N–H and O–H groups in total. The highest BCUT2D eigenvalue weighted by Crippen LogP contribution is 2.38. The zero-order valence-electron chi connectivity index (χ0n) is 18.0. The van der Waals surface area contributed by atoms with Crippen molar-refractivity contribution in [3.63, 3.8) is 0 Å². The maximum Gasteiger partial charge on any atom is 0.356 e. The number of thiocarbonyl (C=S) groups is 1. The average molecular weight is 513 g/mol. The second-order valence-corrected chi connectivity index (χ2v) is 11.0. The van der Waals surface area contributed by atoms with Gasteiger partial charge in [0.25, 0.3) is 0 Å². The predicted octanol–water partition coefficient (Wildman–Crippen LogP) is 2.12. The molecule has 0 fully saturated rings. The Balaban J connectivity index is 2.46. The van der Waals surface area contributed by atoms with Gasteiger partial charge in [-0.05, 0) is 61.5 Å². The van der Waals surface area contributed by atoms with E-state index in [0.29, 0.717) is 5.69 Å². The van der Waals surface area contributed by atoms with E-state index in [1.165, 1.54) is 43.3 Å². The third kappa shape index (κ3) is 8.17. The highest BCUT2D eigenvalue weighted by molar-refractivity contribution is 7.80. The number of benzene rings is 2. The van der Waals surface area contributed by atoms with Gasteiger partial charge in [-0.1, -0.05) is 24.3 Å². The van der Waals surface area contributed by atoms with Crippen LogP contribution in [0.5, 0.6) is 0 Å². The Morgan fingerprint density at radius 1 is 0.879 bits per heavy atom. The molecule has 178 valence electrons. The number of anilines is 2. The average Bonchev–Trinajstić information content (AvgIpc) is 2.65. The molecule has 0 radical (unpaired) electrons. The molecule has 0 atom stereocenters. The van der Waals surface area contributed by atoms with Gasteiger partial charge in [0.2, 0.25) is 5.91 Å². The molecule has 0 aliphatic rings. The molecule has 0 spiro atoms. The van der Waals surface area contributed by atoms with Gasteiger partial charge < -0.3 is 35.5 Å². The molecule has 2 rings (SSSR count). The monoisotopic (exact) mass is 513 g/mol. The van der Waals surface area contributed by atoms with Crippen molar-refractivity contribution in [2.24, 2.45) is 0 Å². The standard InChI is InChI=1S/C20H25N3O7P2S/c1-12(2)21-20(33)23-17-9-7-15(19(11-17)32(28,29)30)5-4-14-6-8-16(22-13(3)24)10-18(14)31(25,26)27/h4-12H,1-3H3,(H,22,24)(H2,21,23,33)(H2,25,26,27)(H2,28,29,30)/b5-4+. The van der Waals surface area contributed by atoms with Crippen molar-refractivity contribution >= 4 is 72.6 Å². The number of carbonyl (C=O) groups is 1. The van der Waals surface area contributed by atoms with Crippen LogP contribution in [-0.4, -0.2) is 36.6 Å². The van der Waals surface area contributed by atoms with E-state index in [2.05, 4.69) is 16.0 Å².